The Hall–Kier alpha value is -2.79. The lowest BCUT2D eigenvalue weighted by Gasteiger charge is -2.30. The number of ether oxygens (including phenoxy) is 2. The van der Waals surface area contributed by atoms with Crippen LogP contribution in [0.2, 0.25) is 0 Å². The fourth-order valence-electron chi connectivity index (χ4n) is 3.37. The van der Waals surface area contributed by atoms with E-state index in [1.807, 2.05) is 0 Å². The molecule has 10 nitrogen and oxygen atoms in total. The summed E-state index contributed by atoms with van der Waals surface area (Å²) in [5, 5.41) is 11.3. The predicted octanol–water partition coefficient (Wildman–Crippen LogP) is 2.05. The second-order valence-corrected chi connectivity index (χ2v) is 8.67. The topological polar surface area (TPSA) is 133 Å². The number of nitrogens with zero attached hydrogens (tertiary/aromatic N) is 2. The molecule has 0 aliphatic carbocycles. The summed E-state index contributed by atoms with van der Waals surface area (Å²) in [6.45, 7) is -0.149. The van der Waals surface area contributed by atoms with E-state index in [2.05, 4.69) is 0 Å². The number of methoxy groups -OCH3 is 2. The lowest BCUT2D eigenvalue weighted by Crippen LogP contribution is -2.45. The van der Waals surface area contributed by atoms with Gasteiger partial charge in [-0.1, -0.05) is 24.3 Å². The monoisotopic (exact) mass is 440 g/mol. The SMILES string of the molecule is COC(=O)C1(C(=O)OC)C/C=C\CCCN(S(=O)(=O)c2ccccc2[N+](=O)[O-])CC1. The Morgan fingerprint density at radius 2 is 1.73 bits per heavy atom. The molecule has 0 N–H and O–H groups in total. The van der Waals surface area contributed by atoms with Gasteiger partial charge >= 0.3 is 11.9 Å². The van der Waals surface area contributed by atoms with Crippen molar-refractivity contribution in [2.24, 2.45) is 5.41 Å². The van der Waals surface area contributed by atoms with Crippen LogP contribution in [0.1, 0.15) is 25.7 Å². The minimum Gasteiger partial charge on any atom is -0.468 e. The molecule has 0 atom stereocenters. The molecule has 30 heavy (non-hydrogen) atoms. The Bertz CT molecular complexity index is 926. The van der Waals surface area contributed by atoms with Crippen LogP contribution in [-0.4, -0.2) is 56.9 Å². The van der Waals surface area contributed by atoms with E-state index in [0.717, 1.165) is 24.6 Å². The van der Waals surface area contributed by atoms with Gasteiger partial charge in [0.05, 0.1) is 19.1 Å². The highest BCUT2D eigenvalue weighted by molar-refractivity contribution is 7.89. The van der Waals surface area contributed by atoms with Crippen LogP contribution in [0.3, 0.4) is 0 Å². The van der Waals surface area contributed by atoms with Gasteiger partial charge in [-0.3, -0.25) is 19.7 Å². The van der Waals surface area contributed by atoms with Gasteiger partial charge in [-0.15, -0.1) is 0 Å². The van der Waals surface area contributed by atoms with Gasteiger partial charge in [0.2, 0.25) is 10.0 Å². The third kappa shape index (κ3) is 4.68. The molecule has 0 fully saturated rings. The Balaban J connectivity index is 2.49. The summed E-state index contributed by atoms with van der Waals surface area (Å²) in [6, 6.07) is 5.06. The van der Waals surface area contributed by atoms with Gasteiger partial charge in [-0.05, 0) is 31.7 Å². The summed E-state index contributed by atoms with van der Waals surface area (Å²) in [7, 11) is -1.98. The largest absolute Gasteiger partial charge is 0.468 e. The van der Waals surface area contributed by atoms with Gasteiger partial charge in [0.15, 0.2) is 10.3 Å². The first-order chi connectivity index (χ1) is 14.2. The number of nitro benzene ring substituents is 1. The summed E-state index contributed by atoms with van der Waals surface area (Å²) in [5.74, 6) is -1.66. The summed E-state index contributed by atoms with van der Waals surface area (Å²) >= 11 is 0. The molecule has 11 heteroatoms. The fourth-order valence-corrected chi connectivity index (χ4v) is 5.00. The molecule has 1 heterocycles. The Morgan fingerprint density at radius 1 is 1.10 bits per heavy atom. The van der Waals surface area contributed by atoms with Crippen molar-refractivity contribution in [3.8, 4) is 0 Å². The van der Waals surface area contributed by atoms with Crippen LogP contribution in [-0.2, 0) is 29.1 Å². The highest BCUT2D eigenvalue weighted by Gasteiger charge is 2.48. The normalized spacial score (nSPS) is 18.7. The molecule has 0 aromatic heterocycles. The number of allylic oxidation sites excluding steroid dienone is 2. The van der Waals surface area contributed by atoms with E-state index in [1.54, 1.807) is 12.2 Å². The van der Waals surface area contributed by atoms with Crippen molar-refractivity contribution >= 4 is 27.6 Å². The molecule has 0 saturated carbocycles. The van der Waals surface area contributed by atoms with Crippen molar-refractivity contribution in [1.29, 1.82) is 0 Å². The van der Waals surface area contributed by atoms with Crippen LogP contribution < -0.4 is 0 Å². The molecule has 1 aliphatic rings. The van der Waals surface area contributed by atoms with Gasteiger partial charge in [0.25, 0.3) is 5.69 Å². The number of para-hydroxylation sites is 1. The standard InChI is InChI=1S/C19H24N2O8S/c1-28-17(22)19(18(23)29-2)11-7-3-4-8-13-20(14-12-19)30(26,27)16-10-6-5-9-15(16)21(24)25/h3,5-7,9-10H,4,8,11-14H2,1-2H3/b7-3-. The molecule has 0 bridgehead atoms. The van der Waals surface area contributed by atoms with Crippen LogP contribution in [0, 0.1) is 15.5 Å². The van der Waals surface area contributed by atoms with Crippen LogP contribution >= 0.6 is 0 Å². The zero-order chi connectivity index (χ0) is 22.4. The molecule has 0 saturated heterocycles. The predicted molar refractivity (Wildman–Crippen MR) is 106 cm³/mol. The highest BCUT2D eigenvalue weighted by Crippen LogP contribution is 2.34. The van der Waals surface area contributed by atoms with E-state index in [1.165, 1.54) is 18.2 Å². The van der Waals surface area contributed by atoms with Gasteiger partial charge in [-0.2, -0.15) is 4.31 Å². The van der Waals surface area contributed by atoms with Crippen molar-refractivity contribution < 1.29 is 32.4 Å². The molecular formula is C19H24N2O8S. The lowest BCUT2D eigenvalue weighted by molar-refractivity contribution is -0.387. The minimum absolute atomic E-state index is 0.00822. The van der Waals surface area contributed by atoms with Crippen molar-refractivity contribution in [2.75, 3.05) is 27.3 Å². The van der Waals surface area contributed by atoms with Crippen LogP contribution in [0.4, 0.5) is 5.69 Å². The lowest BCUT2D eigenvalue weighted by atomic mass is 9.80. The number of hydrogen-bond acceptors (Lipinski definition) is 8. The van der Waals surface area contributed by atoms with Gasteiger partial charge in [0.1, 0.15) is 0 Å². The molecule has 2 rings (SSSR count). The van der Waals surface area contributed by atoms with E-state index in [9.17, 15) is 28.1 Å². The maximum absolute atomic E-state index is 13.2. The van der Waals surface area contributed by atoms with E-state index < -0.39 is 42.9 Å². The quantitative estimate of drug-likeness (QED) is 0.223. The number of benzene rings is 1. The smallest absolute Gasteiger partial charge is 0.323 e. The first-order valence-electron chi connectivity index (χ1n) is 9.26. The second-order valence-electron chi connectivity index (χ2n) is 6.76. The molecule has 0 radical (unpaired) electrons. The maximum Gasteiger partial charge on any atom is 0.323 e. The van der Waals surface area contributed by atoms with E-state index in [-0.39, 0.29) is 25.9 Å². The van der Waals surface area contributed by atoms with E-state index in [0.29, 0.717) is 12.8 Å². The second kappa shape index (κ2) is 9.81. The van der Waals surface area contributed by atoms with Crippen LogP contribution in [0.15, 0.2) is 41.3 Å². The number of carbonyl (C=O) groups is 2. The van der Waals surface area contributed by atoms with Crippen molar-refractivity contribution in [3.63, 3.8) is 0 Å². The first kappa shape index (κ1) is 23.5. The third-order valence-corrected chi connectivity index (χ3v) is 6.98. The Labute approximate surface area is 174 Å². The molecule has 1 aromatic rings. The molecular weight excluding hydrogens is 416 g/mol. The molecule has 164 valence electrons. The number of carbonyl (C=O) groups excluding carboxylic acids is 2. The minimum atomic E-state index is -4.26. The van der Waals surface area contributed by atoms with Crippen molar-refractivity contribution in [3.05, 3.63) is 46.5 Å². The number of rotatable bonds is 5. The van der Waals surface area contributed by atoms with Crippen LogP contribution in [0.25, 0.3) is 0 Å². The van der Waals surface area contributed by atoms with Gasteiger partial charge < -0.3 is 9.47 Å². The van der Waals surface area contributed by atoms with Gasteiger partial charge in [-0.25, -0.2) is 8.42 Å². The summed E-state index contributed by atoms with van der Waals surface area (Å²) in [5.41, 5.74) is -2.25. The zero-order valence-corrected chi connectivity index (χ0v) is 17.6. The molecule has 1 aliphatic heterocycles. The Kier molecular flexibility index (Phi) is 7.68. The maximum atomic E-state index is 13.2. The number of esters is 2. The van der Waals surface area contributed by atoms with Crippen molar-refractivity contribution in [2.45, 2.75) is 30.6 Å². The van der Waals surface area contributed by atoms with Gasteiger partial charge in [0, 0.05) is 19.2 Å². The summed E-state index contributed by atoms with van der Waals surface area (Å²) in [6.07, 6.45) is 4.20. The van der Waals surface area contributed by atoms with E-state index in [4.69, 9.17) is 9.47 Å². The van der Waals surface area contributed by atoms with Crippen LogP contribution in [0.5, 0.6) is 0 Å². The molecule has 0 unspecified atom stereocenters. The average molecular weight is 440 g/mol. The Morgan fingerprint density at radius 3 is 2.33 bits per heavy atom. The highest BCUT2D eigenvalue weighted by atomic mass is 32.2. The summed E-state index contributed by atoms with van der Waals surface area (Å²) < 4.78 is 37.2. The van der Waals surface area contributed by atoms with Crippen molar-refractivity contribution in [1.82, 2.24) is 4.31 Å². The summed E-state index contributed by atoms with van der Waals surface area (Å²) in [4.78, 5) is 35.1. The average Bonchev–Trinajstić information content (AvgIpc) is 2.75. The number of hydrogen-bond donors (Lipinski definition) is 0. The fraction of sp³-hybridized carbons (Fsp3) is 0.474. The molecule has 1 aromatic carbocycles. The van der Waals surface area contributed by atoms with E-state index >= 15 is 0 Å². The third-order valence-electron chi connectivity index (χ3n) is 5.03. The zero-order valence-electron chi connectivity index (χ0n) is 16.8. The molecule has 0 spiro atoms. The molecule has 0 amide bonds. The number of sulfonamides is 1. The first-order valence-corrected chi connectivity index (χ1v) is 10.7. The number of nitro groups is 1.